The first kappa shape index (κ1) is 16.7. The highest BCUT2D eigenvalue weighted by Crippen LogP contribution is 2.27. The van der Waals surface area contributed by atoms with E-state index in [9.17, 15) is 4.39 Å². The monoisotopic (exact) mass is 389 g/mol. The van der Waals surface area contributed by atoms with Crippen LogP contribution in [0.15, 0.2) is 40.9 Å². The molecule has 0 radical (unpaired) electrons. The van der Waals surface area contributed by atoms with Crippen LogP contribution in [0, 0.1) is 17.1 Å². The van der Waals surface area contributed by atoms with Gasteiger partial charge in [-0.1, -0.05) is 22.0 Å². The van der Waals surface area contributed by atoms with E-state index in [0.29, 0.717) is 31.0 Å². The van der Waals surface area contributed by atoms with Crippen molar-refractivity contribution in [2.75, 3.05) is 36.5 Å². The number of morpholine rings is 1. The van der Waals surface area contributed by atoms with Crippen LogP contribution in [0.3, 0.4) is 0 Å². The molecule has 0 aromatic heterocycles. The number of rotatable bonds is 4. The predicted octanol–water partition coefficient (Wildman–Crippen LogP) is 3.91. The van der Waals surface area contributed by atoms with E-state index in [4.69, 9.17) is 10.00 Å². The molecule has 1 heterocycles. The standard InChI is InChI=1S/C18H17BrFN3O/c19-15-3-2-14(18(10-15)23-5-7-24-8-6-23)12-22-17-4-1-13(11-21)9-16(17)20/h1-4,9-10,22H,5-8,12H2. The first-order valence-corrected chi connectivity index (χ1v) is 8.51. The fourth-order valence-electron chi connectivity index (χ4n) is 2.70. The molecule has 0 spiro atoms. The van der Waals surface area contributed by atoms with Crippen molar-refractivity contribution in [3.8, 4) is 6.07 Å². The van der Waals surface area contributed by atoms with Crippen LogP contribution >= 0.6 is 15.9 Å². The molecule has 6 heteroatoms. The largest absolute Gasteiger partial charge is 0.379 e. The van der Waals surface area contributed by atoms with Gasteiger partial charge in [-0.3, -0.25) is 0 Å². The van der Waals surface area contributed by atoms with Gasteiger partial charge in [0.05, 0.1) is 30.5 Å². The highest BCUT2D eigenvalue weighted by Gasteiger charge is 2.15. The van der Waals surface area contributed by atoms with Crippen LogP contribution in [0.4, 0.5) is 15.8 Å². The Balaban J connectivity index is 1.79. The molecule has 124 valence electrons. The van der Waals surface area contributed by atoms with E-state index in [1.807, 2.05) is 18.2 Å². The second-order valence-electron chi connectivity index (χ2n) is 5.53. The summed E-state index contributed by atoms with van der Waals surface area (Å²) in [6.07, 6.45) is 0. The molecule has 0 amide bonds. The zero-order chi connectivity index (χ0) is 16.9. The van der Waals surface area contributed by atoms with Crippen molar-refractivity contribution in [3.63, 3.8) is 0 Å². The highest BCUT2D eigenvalue weighted by molar-refractivity contribution is 9.10. The number of benzene rings is 2. The summed E-state index contributed by atoms with van der Waals surface area (Å²) in [5.74, 6) is -0.418. The third kappa shape index (κ3) is 3.86. The number of nitrogens with one attached hydrogen (secondary N) is 1. The second kappa shape index (κ2) is 7.65. The van der Waals surface area contributed by atoms with Gasteiger partial charge in [0, 0.05) is 29.8 Å². The molecule has 0 atom stereocenters. The van der Waals surface area contributed by atoms with Crippen LogP contribution in [-0.4, -0.2) is 26.3 Å². The van der Waals surface area contributed by atoms with Crippen molar-refractivity contribution in [1.29, 1.82) is 5.26 Å². The van der Waals surface area contributed by atoms with Gasteiger partial charge < -0.3 is 15.0 Å². The zero-order valence-corrected chi connectivity index (χ0v) is 14.6. The minimum Gasteiger partial charge on any atom is -0.379 e. The summed E-state index contributed by atoms with van der Waals surface area (Å²) in [4.78, 5) is 2.28. The normalized spacial score (nSPS) is 14.3. The molecular weight excluding hydrogens is 373 g/mol. The molecule has 1 fully saturated rings. The third-order valence-electron chi connectivity index (χ3n) is 3.97. The lowest BCUT2D eigenvalue weighted by molar-refractivity contribution is 0.122. The smallest absolute Gasteiger partial charge is 0.147 e. The number of halogens is 2. The Hall–Kier alpha value is -2.10. The molecule has 2 aromatic carbocycles. The number of nitrogens with zero attached hydrogens (tertiary/aromatic N) is 2. The van der Waals surface area contributed by atoms with Gasteiger partial charge in [-0.25, -0.2) is 4.39 Å². The molecule has 0 saturated carbocycles. The van der Waals surface area contributed by atoms with E-state index in [1.54, 1.807) is 12.1 Å². The van der Waals surface area contributed by atoms with Gasteiger partial charge in [0.25, 0.3) is 0 Å². The van der Waals surface area contributed by atoms with Crippen LogP contribution in [0.1, 0.15) is 11.1 Å². The molecule has 0 unspecified atom stereocenters. The molecule has 2 aromatic rings. The molecule has 1 N–H and O–H groups in total. The van der Waals surface area contributed by atoms with Gasteiger partial charge in [0.1, 0.15) is 5.82 Å². The number of ether oxygens (including phenoxy) is 1. The maximum absolute atomic E-state index is 14.0. The topological polar surface area (TPSA) is 48.3 Å². The summed E-state index contributed by atoms with van der Waals surface area (Å²) in [6.45, 7) is 3.61. The Morgan fingerprint density at radius 3 is 2.71 bits per heavy atom. The van der Waals surface area contributed by atoms with Crippen molar-refractivity contribution in [3.05, 3.63) is 57.8 Å². The highest BCUT2D eigenvalue weighted by atomic mass is 79.9. The quantitative estimate of drug-likeness (QED) is 0.860. The Morgan fingerprint density at radius 1 is 1.21 bits per heavy atom. The molecule has 4 nitrogen and oxygen atoms in total. The maximum atomic E-state index is 14.0. The number of hydrogen-bond acceptors (Lipinski definition) is 4. The summed E-state index contributed by atoms with van der Waals surface area (Å²) >= 11 is 3.52. The summed E-state index contributed by atoms with van der Waals surface area (Å²) < 4.78 is 20.4. The van der Waals surface area contributed by atoms with Gasteiger partial charge in [0.15, 0.2) is 0 Å². The SMILES string of the molecule is N#Cc1ccc(NCc2ccc(Br)cc2N2CCOCC2)c(F)c1. The molecular formula is C18H17BrFN3O. The fourth-order valence-corrected chi connectivity index (χ4v) is 3.05. The Bertz CT molecular complexity index is 769. The van der Waals surface area contributed by atoms with Crippen molar-refractivity contribution in [2.24, 2.45) is 0 Å². The van der Waals surface area contributed by atoms with E-state index in [2.05, 4.69) is 32.2 Å². The van der Waals surface area contributed by atoms with Gasteiger partial charge in [0.2, 0.25) is 0 Å². The van der Waals surface area contributed by atoms with Crippen molar-refractivity contribution in [1.82, 2.24) is 0 Å². The van der Waals surface area contributed by atoms with Crippen LogP contribution in [0.25, 0.3) is 0 Å². The Kier molecular flexibility index (Phi) is 5.34. The number of nitriles is 1. The average Bonchev–Trinajstić information content (AvgIpc) is 2.62. The van der Waals surface area contributed by atoms with Gasteiger partial charge in [-0.15, -0.1) is 0 Å². The van der Waals surface area contributed by atoms with E-state index in [-0.39, 0.29) is 0 Å². The molecule has 1 aliphatic rings. The lowest BCUT2D eigenvalue weighted by Crippen LogP contribution is -2.36. The van der Waals surface area contributed by atoms with E-state index >= 15 is 0 Å². The maximum Gasteiger partial charge on any atom is 0.147 e. The zero-order valence-electron chi connectivity index (χ0n) is 13.1. The van der Waals surface area contributed by atoms with Gasteiger partial charge >= 0.3 is 0 Å². The predicted molar refractivity (Wildman–Crippen MR) is 95.6 cm³/mol. The molecule has 24 heavy (non-hydrogen) atoms. The minimum absolute atomic E-state index is 0.315. The molecule has 1 aliphatic heterocycles. The fraction of sp³-hybridized carbons (Fsp3) is 0.278. The molecule has 1 saturated heterocycles. The van der Waals surface area contributed by atoms with Crippen LogP contribution in [-0.2, 0) is 11.3 Å². The van der Waals surface area contributed by atoms with Crippen molar-refractivity contribution < 1.29 is 9.13 Å². The second-order valence-corrected chi connectivity index (χ2v) is 6.45. The third-order valence-corrected chi connectivity index (χ3v) is 4.46. The lowest BCUT2D eigenvalue weighted by atomic mass is 10.1. The van der Waals surface area contributed by atoms with Crippen molar-refractivity contribution in [2.45, 2.75) is 6.54 Å². The molecule has 0 aliphatic carbocycles. The summed E-state index contributed by atoms with van der Waals surface area (Å²) in [6, 6.07) is 12.5. The van der Waals surface area contributed by atoms with Crippen LogP contribution in [0.5, 0.6) is 0 Å². The summed E-state index contributed by atoms with van der Waals surface area (Å²) in [5.41, 5.74) is 2.92. The van der Waals surface area contributed by atoms with Gasteiger partial charge in [-0.2, -0.15) is 5.26 Å². The first-order valence-electron chi connectivity index (χ1n) is 7.72. The van der Waals surface area contributed by atoms with Crippen molar-refractivity contribution >= 4 is 27.3 Å². The van der Waals surface area contributed by atoms with Crippen LogP contribution in [0.2, 0.25) is 0 Å². The molecule has 3 rings (SSSR count). The summed E-state index contributed by atoms with van der Waals surface area (Å²) in [5, 5.41) is 11.9. The average molecular weight is 390 g/mol. The van der Waals surface area contributed by atoms with E-state index in [1.165, 1.54) is 6.07 Å². The lowest BCUT2D eigenvalue weighted by Gasteiger charge is -2.31. The van der Waals surface area contributed by atoms with Crippen LogP contribution < -0.4 is 10.2 Å². The van der Waals surface area contributed by atoms with E-state index in [0.717, 1.165) is 28.8 Å². The molecule has 0 bridgehead atoms. The van der Waals surface area contributed by atoms with E-state index < -0.39 is 5.82 Å². The van der Waals surface area contributed by atoms with Gasteiger partial charge in [-0.05, 0) is 35.9 Å². The number of hydrogen-bond donors (Lipinski definition) is 1. The minimum atomic E-state index is -0.418. The Labute approximate surface area is 149 Å². The number of anilines is 2. The Morgan fingerprint density at radius 2 is 2.00 bits per heavy atom. The summed E-state index contributed by atoms with van der Waals surface area (Å²) in [7, 11) is 0. The first-order chi connectivity index (χ1) is 11.7.